The topological polar surface area (TPSA) is 62.6 Å². The van der Waals surface area contributed by atoms with E-state index in [2.05, 4.69) is 21.0 Å². The zero-order chi connectivity index (χ0) is 15.2. The van der Waals surface area contributed by atoms with E-state index in [4.69, 9.17) is 14.2 Å². The molecule has 112 valence electrons. The summed E-state index contributed by atoms with van der Waals surface area (Å²) >= 11 is 3.35. The van der Waals surface area contributed by atoms with E-state index in [1.807, 2.05) is 6.07 Å². The molecule has 7 heteroatoms. The molecule has 0 N–H and O–H groups in total. The molecule has 1 aromatic carbocycles. The van der Waals surface area contributed by atoms with Crippen molar-refractivity contribution in [2.75, 3.05) is 20.8 Å². The SMILES string of the molecule is COc1cc(C(=O)OCCn2cccn2)cc(OC)c1Br. The Hall–Kier alpha value is -2.02. The number of ether oxygens (including phenoxy) is 3. The van der Waals surface area contributed by atoms with Crippen LogP contribution in [0.1, 0.15) is 10.4 Å². The smallest absolute Gasteiger partial charge is 0.338 e. The summed E-state index contributed by atoms with van der Waals surface area (Å²) in [6.45, 7) is 0.741. The lowest BCUT2D eigenvalue weighted by Gasteiger charge is -2.11. The van der Waals surface area contributed by atoms with Crippen LogP contribution in [0.3, 0.4) is 0 Å². The molecule has 2 rings (SSSR count). The average molecular weight is 355 g/mol. The summed E-state index contributed by atoms with van der Waals surface area (Å²) in [4.78, 5) is 12.0. The molecule has 0 amide bonds. The highest BCUT2D eigenvalue weighted by molar-refractivity contribution is 9.10. The van der Waals surface area contributed by atoms with E-state index in [0.29, 0.717) is 28.1 Å². The summed E-state index contributed by atoms with van der Waals surface area (Å²) < 4.78 is 17.9. The van der Waals surface area contributed by atoms with Crippen molar-refractivity contribution in [1.29, 1.82) is 0 Å². The second-order valence-electron chi connectivity index (χ2n) is 4.10. The molecule has 2 aromatic rings. The predicted octanol–water partition coefficient (Wildman–Crippen LogP) is 2.52. The number of rotatable bonds is 6. The fourth-order valence-corrected chi connectivity index (χ4v) is 2.29. The standard InChI is InChI=1S/C14H15BrN2O4/c1-19-11-8-10(9-12(20-2)13(11)15)14(18)21-7-6-17-5-3-4-16-17/h3-5,8-9H,6-7H2,1-2H3. The van der Waals surface area contributed by atoms with Crippen molar-refractivity contribution < 1.29 is 19.0 Å². The van der Waals surface area contributed by atoms with Crippen LogP contribution in [0, 0.1) is 0 Å². The Morgan fingerprint density at radius 1 is 1.29 bits per heavy atom. The number of carbonyl (C=O) groups is 1. The Morgan fingerprint density at radius 3 is 2.48 bits per heavy atom. The Kier molecular flexibility index (Phi) is 5.21. The van der Waals surface area contributed by atoms with Crippen LogP contribution in [0.2, 0.25) is 0 Å². The summed E-state index contributed by atoms with van der Waals surface area (Å²) in [6.07, 6.45) is 3.48. The summed E-state index contributed by atoms with van der Waals surface area (Å²) in [5.74, 6) is 0.577. The van der Waals surface area contributed by atoms with Gasteiger partial charge in [0.15, 0.2) is 0 Å². The normalized spacial score (nSPS) is 10.2. The van der Waals surface area contributed by atoms with Crippen molar-refractivity contribution in [1.82, 2.24) is 9.78 Å². The second kappa shape index (κ2) is 7.12. The highest BCUT2D eigenvalue weighted by atomic mass is 79.9. The number of esters is 1. The van der Waals surface area contributed by atoms with Gasteiger partial charge in [0.1, 0.15) is 22.6 Å². The van der Waals surface area contributed by atoms with Crippen LogP contribution in [-0.4, -0.2) is 36.6 Å². The molecule has 0 atom stereocenters. The van der Waals surface area contributed by atoms with E-state index in [9.17, 15) is 4.79 Å². The third-order valence-corrected chi connectivity index (χ3v) is 3.58. The summed E-state index contributed by atoms with van der Waals surface area (Å²) in [5.41, 5.74) is 0.368. The molecule has 21 heavy (non-hydrogen) atoms. The van der Waals surface area contributed by atoms with Gasteiger partial charge in [0.25, 0.3) is 0 Å². The second-order valence-corrected chi connectivity index (χ2v) is 4.89. The maximum Gasteiger partial charge on any atom is 0.338 e. The number of halogens is 1. The first-order chi connectivity index (χ1) is 10.2. The zero-order valence-corrected chi connectivity index (χ0v) is 13.3. The van der Waals surface area contributed by atoms with Crippen LogP contribution in [0.4, 0.5) is 0 Å². The number of nitrogens with zero attached hydrogens (tertiary/aromatic N) is 2. The molecule has 1 heterocycles. The molecule has 0 radical (unpaired) electrons. The highest BCUT2D eigenvalue weighted by Crippen LogP contribution is 2.35. The van der Waals surface area contributed by atoms with Crippen LogP contribution < -0.4 is 9.47 Å². The maximum absolute atomic E-state index is 12.0. The van der Waals surface area contributed by atoms with Gasteiger partial charge in [-0.05, 0) is 34.1 Å². The number of benzene rings is 1. The van der Waals surface area contributed by atoms with Crippen LogP contribution in [0.15, 0.2) is 35.1 Å². The molecule has 1 aromatic heterocycles. The molecule has 0 saturated heterocycles. The van der Waals surface area contributed by atoms with Gasteiger partial charge in [-0.25, -0.2) is 4.79 Å². The lowest BCUT2D eigenvalue weighted by atomic mass is 10.2. The van der Waals surface area contributed by atoms with Crippen molar-refractivity contribution >= 4 is 21.9 Å². The average Bonchev–Trinajstić information content (AvgIpc) is 3.00. The van der Waals surface area contributed by atoms with E-state index in [-0.39, 0.29) is 6.61 Å². The van der Waals surface area contributed by atoms with Gasteiger partial charge in [-0.1, -0.05) is 0 Å². The van der Waals surface area contributed by atoms with E-state index in [1.165, 1.54) is 14.2 Å². The van der Waals surface area contributed by atoms with Crippen molar-refractivity contribution in [3.05, 3.63) is 40.6 Å². The zero-order valence-electron chi connectivity index (χ0n) is 11.7. The van der Waals surface area contributed by atoms with Crippen LogP contribution >= 0.6 is 15.9 Å². The first-order valence-corrected chi connectivity index (χ1v) is 7.01. The summed E-state index contributed by atoms with van der Waals surface area (Å²) in [6, 6.07) is 5.01. The third kappa shape index (κ3) is 3.75. The molecule has 0 aliphatic rings. The molecular weight excluding hydrogens is 340 g/mol. The molecule has 0 bridgehead atoms. The van der Waals surface area contributed by atoms with Crippen LogP contribution in [-0.2, 0) is 11.3 Å². The number of methoxy groups -OCH3 is 2. The first-order valence-electron chi connectivity index (χ1n) is 6.21. The van der Waals surface area contributed by atoms with Gasteiger partial charge in [-0.15, -0.1) is 0 Å². The largest absolute Gasteiger partial charge is 0.495 e. The minimum atomic E-state index is -0.439. The minimum absolute atomic E-state index is 0.237. The fraction of sp³-hybridized carbons (Fsp3) is 0.286. The monoisotopic (exact) mass is 354 g/mol. The van der Waals surface area contributed by atoms with Crippen molar-refractivity contribution in [3.63, 3.8) is 0 Å². The van der Waals surface area contributed by atoms with Gasteiger partial charge in [-0.3, -0.25) is 4.68 Å². The molecule has 0 spiro atoms. The van der Waals surface area contributed by atoms with E-state index in [0.717, 1.165) is 0 Å². The highest BCUT2D eigenvalue weighted by Gasteiger charge is 2.15. The first kappa shape index (κ1) is 15.4. The minimum Gasteiger partial charge on any atom is -0.495 e. The molecular formula is C14H15BrN2O4. The number of hydrogen-bond acceptors (Lipinski definition) is 5. The Labute approximate surface area is 130 Å². The van der Waals surface area contributed by atoms with Crippen molar-refractivity contribution in [2.24, 2.45) is 0 Å². The molecule has 0 saturated carbocycles. The molecule has 0 unspecified atom stereocenters. The van der Waals surface area contributed by atoms with Crippen LogP contribution in [0.5, 0.6) is 11.5 Å². The van der Waals surface area contributed by atoms with E-state index in [1.54, 1.807) is 29.2 Å². The molecule has 0 fully saturated rings. The van der Waals surface area contributed by atoms with Crippen LogP contribution in [0.25, 0.3) is 0 Å². The van der Waals surface area contributed by atoms with E-state index >= 15 is 0 Å². The van der Waals surface area contributed by atoms with E-state index < -0.39 is 5.97 Å². The number of carbonyl (C=O) groups excluding carboxylic acids is 1. The van der Waals surface area contributed by atoms with Crippen molar-refractivity contribution in [3.8, 4) is 11.5 Å². The van der Waals surface area contributed by atoms with Gasteiger partial charge in [0.2, 0.25) is 0 Å². The third-order valence-electron chi connectivity index (χ3n) is 2.79. The predicted molar refractivity (Wildman–Crippen MR) is 79.8 cm³/mol. The number of hydrogen-bond donors (Lipinski definition) is 0. The number of aromatic nitrogens is 2. The Balaban J connectivity index is 2.04. The molecule has 0 aliphatic carbocycles. The lowest BCUT2D eigenvalue weighted by Crippen LogP contribution is -2.12. The summed E-state index contributed by atoms with van der Waals surface area (Å²) in [5, 5.41) is 4.03. The van der Waals surface area contributed by atoms with Gasteiger partial charge in [-0.2, -0.15) is 5.10 Å². The lowest BCUT2D eigenvalue weighted by molar-refractivity contribution is 0.0487. The van der Waals surface area contributed by atoms with Gasteiger partial charge < -0.3 is 14.2 Å². The molecule has 6 nitrogen and oxygen atoms in total. The van der Waals surface area contributed by atoms with Gasteiger partial charge in [0.05, 0.1) is 26.3 Å². The van der Waals surface area contributed by atoms with Gasteiger partial charge >= 0.3 is 5.97 Å². The maximum atomic E-state index is 12.0. The fourth-order valence-electron chi connectivity index (χ4n) is 1.74. The molecule has 0 aliphatic heterocycles. The van der Waals surface area contributed by atoms with Gasteiger partial charge in [0, 0.05) is 12.4 Å². The Bertz CT molecular complexity index is 588. The quantitative estimate of drug-likeness (QED) is 0.746. The Morgan fingerprint density at radius 2 is 1.95 bits per heavy atom. The summed E-state index contributed by atoms with van der Waals surface area (Å²) in [7, 11) is 3.04. The van der Waals surface area contributed by atoms with Crippen molar-refractivity contribution in [2.45, 2.75) is 6.54 Å².